The van der Waals surface area contributed by atoms with Crippen molar-refractivity contribution in [2.45, 2.75) is 4.90 Å². The van der Waals surface area contributed by atoms with Gasteiger partial charge in [-0.15, -0.1) is 0 Å². The normalized spacial score (nSPS) is 10.7. The van der Waals surface area contributed by atoms with Crippen LogP contribution in [0.5, 0.6) is 17.4 Å². The van der Waals surface area contributed by atoms with Gasteiger partial charge in [0.1, 0.15) is 16.4 Å². The smallest absolute Gasteiger partial charge is 0.243 e. The molecule has 7 nitrogen and oxygen atoms in total. The number of hydrogen-bond acceptors (Lipinski definition) is 6. The first-order chi connectivity index (χ1) is 9.94. The first-order valence-electron chi connectivity index (χ1n) is 5.69. The standard InChI is InChI=1S/C13H11N3O4S/c1-19-10-5-9(8-14)6-11(7-10)20-13-12(21(15,17)18)3-2-4-16-13/h2-7H,1H3,(H2,15,17,18). The predicted molar refractivity (Wildman–Crippen MR) is 73.4 cm³/mol. The van der Waals surface area contributed by atoms with Crippen LogP contribution in [-0.4, -0.2) is 20.5 Å². The number of methoxy groups -OCH3 is 1. The van der Waals surface area contributed by atoms with Gasteiger partial charge in [-0.3, -0.25) is 0 Å². The summed E-state index contributed by atoms with van der Waals surface area (Å²) in [5.74, 6) is 0.448. The Labute approximate surface area is 121 Å². The molecule has 0 unspecified atom stereocenters. The first-order valence-corrected chi connectivity index (χ1v) is 7.23. The van der Waals surface area contributed by atoms with Gasteiger partial charge in [0.15, 0.2) is 0 Å². The highest BCUT2D eigenvalue weighted by Gasteiger charge is 2.17. The van der Waals surface area contributed by atoms with Gasteiger partial charge in [-0.25, -0.2) is 18.5 Å². The van der Waals surface area contributed by atoms with Gasteiger partial charge >= 0.3 is 0 Å². The lowest BCUT2D eigenvalue weighted by Crippen LogP contribution is -2.13. The molecule has 1 heterocycles. The minimum atomic E-state index is -3.97. The number of nitrogens with zero attached hydrogens (tertiary/aromatic N) is 2. The molecule has 2 rings (SSSR count). The molecule has 21 heavy (non-hydrogen) atoms. The molecule has 2 N–H and O–H groups in total. The molecule has 0 saturated heterocycles. The topological polar surface area (TPSA) is 115 Å². The molecular weight excluding hydrogens is 294 g/mol. The second-order valence-electron chi connectivity index (χ2n) is 3.96. The lowest BCUT2D eigenvalue weighted by atomic mass is 10.2. The SMILES string of the molecule is COc1cc(C#N)cc(Oc2ncccc2S(N)(=O)=O)c1. The fourth-order valence-electron chi connectivity index (χ4n) is 1.59. The van der Waals surface area contributed by atoms with E-state index >= 15 is 0 Å². The molecule has 0 aliphatic heterocycles. The minimum Gasteiger partial charge on any atom is -0.497 e. The summed E-state index contributed by atoms with van der Waals surface area (Å²) in [4.78, 5) is 3.60. The van der Waals surface area contributed by atoms with Gasteiger partial charge in [-0.2, -0.15) is 5.26 Å². The van der Waals surface area contributed by atoms with Crippen LogP contribution in [0.2, 0.25) is 0 Å². The molecule has 0 aliphatic rings. The molecule has 108 valence electrons. The lowest BCUT2D eigenvalue weighted by Gasteiger charge is -2.09. The van der Waals surface area contributed by atoms with E-state index in [-0.39, 0.29) is 16.5 Å². The number of aromatic nitrogens is 1. The van der Waals surface area contributed by atoms with Crippen LogP contribution in [0.25, 0.3) is 0 Å². The number of nitriles is 1. The highest BCUT2D eigenvalue weighted by atomic mass is 32.2. The third-order valence-electron chi connectivity index (χ3n) is 2.50. The van der Waals surface area contributed by atoms with E-state index in [1.807, 2.05) is 6.07 Å². The molecule has 0 aliphatic carbocycles. The third kappa shape index (κ3) is 3.47. The summed E-state index contributed by atoms with van der Waals surface area (Å²) in [5.41, 5.74) is 0.303. The number of sulfonamides is 1. The molecule has 1 aromatic heterocycles. The molecule has 0 spiro atoms. The zero-order chi connectivity index (χ0) is 15.5. The molecule has 0 amide bonds. The number of pyridine rings is 1. The fourth-order valence-corrected chi connectivity index (χ4v) is 2.20. The summed E-state index contributed by atoms with van der Waals surface area (Å²) in [6.07, 6.45) is 1.37. The Morgan fingerprint density at radius 2 is 2.00 bits per heavy atom. The van der Waals surface area contributed by atoms with E-state index in [2.05, 4.69) is 4.98 Å². The van der Waals surface area contributed by atoms with E-state index in [1.54, 1.807) is 0 Å². The van der Waals surface area contributed by atoms with Crippen LogP contribution in [0.15, 0.2) is 41.4 Å². The Morgan fingerprint density at radius 3 is 2.62 bits per heavy atom. The van der Waals surface area contributed by atoms with Crippen LogP contribution in [0.4, 0.5) is 0 Å². The Hall–Kier alpha value is -2.63. The summed E-state index contributed by atoms with van der Waals surface area (Å²) in [6.45, 7) is 0. The molecule has 0 atom stereocenters. The van der Waals surface area contributed by atoms with E-state index < -0.39 is 10.0 Å². The van der Waals surface area contributed by atoms with Gasteiger partial charge in [0, 0.05) is 12.3 Å². The van der Waals surface area contributed by atoms with Gasteiger partial charge in [-0.1, -0.05) is 0 Å². The quantitative estimate of drug-likeness (QED) is 0.912. The average Bonchev–Trinajstić information content (AvgIpc) is 2.46. The van der Waals surface area contributed by atoms with Crippen LogP contribution in [0.3, 0.4) is 0 Å². The van der Waals surface area contributed by atoms with Gasteiger partial charge in [0.05, 0.1) is 18.7 Å². The van der Waals surface area contributed by atoms with Gasteiger partial charge in [0.25, 0.3) is 0 Å². The van der Waals surface area contributed by atoms with E-state index in [4.69, 9.17) is 19.9 Å². The van der Waals surface area contributed by atoms with Gasteiger partial charge < -0.3 is 9.47 Å². The fraction of sp³-hybridized carbons (Fsp3) is 0.0769. The maximum absolute atomic E-state index is 11.5. The Bertz CT molecular complexity index is 812. The van der Waals surface area contributed by atoms with Crippen molar-refractivity contribution in [2.75, 3.05) is 7.11 Å². The van der Waals surface area contributed by atoms with E-state index in [0.29, 0.717) is 11.3 Å². The van der Waals surface area contributed by atoms with Crippen molar-refractivity contribution in [3.8, 4) is 23.4 Å². The average molecular weight is 305 g/mol. The predicted octanol–water partition coefficient (Wildman–Crippen LogP) is 1.40. The lowest BCUT2D eigenvalue weighted by molar-refractivity contribution is 0.405. The van der Waals surface area contributed by atoms with Crippen LogP contribution < -0.4 is 14.6 Å². The van der Waals surface area contributed by atoms with E-state index in [0.717, 1.165) is 0 Å². The number of rotatable bonds is 4. The Morgan fingerprint density at radius 1 is 1.29 bits per heavy atom. The second kappa shape index (κ2) is 5.78. The highest BCUT2D eigenvalue weighted by Crippen LogP contribution is 2.29. The summed E-state index contributed by atoms with van der Waals surface area (Å²) >= 11 is 0. The van der Waals surface area contributed by atoms with Gasteiger partial charge in [-0.05, 0) is 24.3 Å². The molecule has 0 fully saturated rings. The van der Waals surface area contributed by atoms with Crippen molar-refractivity contribution in [3.05, 3.63) is 42.1 Å². The van der Waals surface area contributed by atoms with Crippen molar-refractivity contribution in [1.29, 1.82) is 5.26 Å². The van der Waals surface area contributed by atoms with E-state index in [1.165, 1.54) is 43.6 Å². The summed E-state index contributed by atoms with van der Waals surface area (Å²) in [6, 6.07) is 9.12. The van der Waals surface area contributed by atoms with Crippen LogP contribution in [-0.2, 0) is 10.0 Å². The van der Waals surface area contributed by atoms with Crippen LogP contribution in [0, 0.1) is 11.3 Å². The summed E-state index contributed by atoms with van der Waals surface area (Å²) in [7, 11) is -2.53. The Balaban J connectivity index is 2.47. The molecule has 2 aromatic rings. The van der Waals surface area contributed by atoms with Crippen molar-refractivity contribution in [1.82, 2.24) is 4.98 Å². The Kier molecular flexibility index (Phi) is 4.07. The van der Waals surface area contributed by atoms with E-state index in [9.17, 15) is 8.42 Å². The number of benzene rings is 1. The second-order valence-corrected chi connectivity index (χ2v) is 5.49. The third-order valence-corrected chi connectivity index (χ3v) is 3.43. The molecular formula is C13H11N3O4S. The maximum atomic E-state index is 11.5. The largest absolute Gasteiger partial charge is 0.497 e. The van der Waals surface area contributed by atoms with Crippen molar-refractivity contribution in [2.24, 2.45) is 5.14 Å². The zero-order valence-electron chi connectivity index (χ0n) is 11.0. The number of hydrogen-bond donors (Lipinski definition) is 1. The molecule has 8 heteroatoms. The molecule has 1 aromatic carbocycles. The molecule has 0 radical (unpaired) electrons. The van der Waals surface area contributed by atoms with Crippen molar-refractivity contribution >= 4 is 10.0 Å². The minimum absolute atomic E-state index is 0.169. The molecule has 0 bridgehead atoms. The zero-order valence-corrected chi connectivity index (χ0v) is 11.8. The highest BCUT2D eigenvalue weighted by molar-refractivity contribution is 7.89. The van der Waals surface area contributed by atoms with Crippen LogP contribution >= 0.6 is 0 Å². The molecule has 0 saturated carbocycles. The monoisotopic (exact) mass is 305 g/mol. The van der Waals surface area contributed by atoms with Crippen LogP contribution in [0.1, 0.15) is 5.56 Å². The number of ether oxygens (including phenoxy) is 2. The number of nitrogens with two attached hydrogens (primary N) is 1. The van der Waals surface area contributed by atoms with Gasteiger partial charge in [0.2, 0.25) is 15.9 Å². The van der Waals surface area contributed by atoms with Crippen molar-refractivity contribution < 1.29 is 17.9 Å². The maximum Gasteiger partial charge on any atom is 0.243 e. The number of primary sulfonamides is 1. The van der Waals surface area contributed by atoms with Crippen molar-refractivity contribution in [3.63, 3.8) is 0 Å². The summed E-state index contributed by atoms with van der Waals surface area (Å²) < 4.78 is 33.4. The summed E-state index contributed by atoms with van der Waals surface area (Å²) in [5, 5.41) is 14.0. The first kappa shape index (κ1) is 14.8.